The van der Waals surface area contributed by atoms with Crippen LogP contribution in [0.25, 0.3) is 89.7 Å². The number of hydrogen-bond donors (Lipinski definition) is 3. The fraction of sp³-hybridized carbons (Fsp3) is 0. The average molecular weight is 646 g/mol. The Kier molecular flexibility index (Phi) is 5.99. The molecule has 4 aromatic carbocycles. The molecular formula is C32H18N8O3SV. The van der Waals surface area contributed by atoms with E-state index in [4.69, 9.17) is 29.9 Å². The molecule has 2 aliphatic rings. The smallest absolute Gasteiger partial charge is 0.295 e. The minimum atomic E-state index is -4.62. The topological polar surface area (TPSA) is 163 Å². The molecule has 9 rings (SSSR count). The van der Waals surface area contributed by atoms with Crippen molar-refractivity contribution in [2.24, 2.45) is 0 Å². The van der Waals surface area contributed by atoms with Crippen molar-refractivity contribution in [2.75, 3.05) is 0 Å². The van der Waals surface area contributed by atoms with Gasteiger partial charge < -0.3 is 9.97 Å². The van der Waals surface area contributed by atoms with Gasteiger partial charge in [0.25, 0.3) is 10.1 Å². The molecule has 5 heterocycles. The van der Waals surface area contributed by atoms with Crippen LogP contribution in [-0.2, 0) is 28.7 Å². The third kappa shape index (κ3) is 4.19. The van der Waals surface area contributed by atoms with Crippen LogP contribution in [0.2, 0.25) is 0 Å². The van der Waals surface area contributed by atoms with Crippen LogP contribution >= 0.6 is 0 Å². The normalized spacial score (nSPS) is 12.1. The predicted octanol–water partition coefficient (Wildman–Crippen LogP) is 6.11. The van der Waals surface area contributed by atoms with Crippen LogP contribution in [0.3, 0.4) is 0 Å². The quantitative estimate of drug-likeness (QED) is 0.179. The standard InChI is InChI=1S/C32H18N8O3S.V/c41-44(42,43)23-15-7-14-22-24(23)32-39-30-21-13-6-5-12-20(21)28(37-30)35-26-17-9-2-1-8-16(17)25(33-26)34-27-18-10-3-4-11-19(18)29(36-27)38-31(22)40-32;/h1-15H,(H,41,42,43)(H2,33,34,35,36,37,38,39,40);. The zero-order chi connectivity index (χ0) is 29.6. The fourth-order valence-electron chi connectivity index (χ4n) is 5.87. The zero-order valence-electron chi connectivity index (χ0n) is 23.0. The number of nitrogens with zero attached hydrogens (tertiary/aromatic N) is 6. The minimum absolute atomic E-state index is 0. The van der Waals surface area contributed by atoms with Crippen molar-refractivity contribution in [3.05, 3.63) is 91.0 Å². The van der Waals surface area contributed by atoms with Gasteiger partial charge in [0.1, 0.15) is 27.5 Å². The van der Waals surface area contributed by atoms with Crippen LogP contribution in [0.1, 0.15) is 0 Å². The predicted molar refractivity (Wildman–Crippen MR) is 166 cm³/mol. The molecule has 1 radical (unpaired) electrons. The van der Waals surface area contributed by atoms with E-state index in [9.17, 15) is 13.0 Å². The Morgan fingerprint density at radius 1 is 0.467 bits per heavy atom. The Hall–Kier alpha value is -5.27. The molecule has 0 fully saturated rings. The second-order valence-corrected chi connectivity index (χ2v) is 11.8. The Bertz CT molecular complexity index is 2660. The van der Waals surface area contributed by atoms with E-state index in [1.165, 1.54) is 6.07 Å². The van der Waals surface area contributed by atoms with Gasteiger partial charge in [-0.05, 0) is 6.07 Å². The SMILES string of the molecule is O=S(=O)(O)c1cccc2c3nc4nc(nc5[nH]c(nc6nc(nc([nH]3)c12)-c1ccccc1-6)c1ccccc51)-c1ccccc1-4.[V]. The van der Waals surface area contributed by atoms with Gasteiger partial charge >= 0.3 is 0 Å². The Labute approximate surface area is 266 Å². The summed E-state index contributed by atoms with van der Waals surface area (Å²) in [4.78, 5) is 35.4. The summed E-state index contributed by atoms with van der Waals surface area (Å²) in [7, 11) is -4.62. The third-order valence-electron chi connectivity index (χ3n) is 7.82. The number of rotatable bonds is 1. The number of nitrogens with one attached hydrogen (secondary N) is 2. The van der Waals surface area contributed by atoms with Crippen molar-refractivity contribution in [1.82, 2.24) is 39.9 Å². The van der Waals surface area contributed by atoms with Crippen molar-refractivity contribution >= 4 is 54.3 Å². The van der Waals surface area contributed by atoms with Gasteiger partial charge in [0.15, 0.2) is 23.3 Å². The van der Waals surface area contributed by atoms with E-state index in [0.717, 1.165) is 33.0 Å². The zero-order valence-corrected chi connectivity index (χ0v) is 25.2. The van der Waals surface area contributed by atoms with Crippen LogP contribution < -0.4 is 0 Å². The molecule has 0 amide bonds. The molecular weight excluding hydrogens is 627 g/mol. The van der Waals surface area contributed by atoms with Crippen LogP contribution in [0, 0.1) is 0 Å². The molecule has 215 valence electrons. The molecule has 45 heavy (non-hydrogen) atoms. The average Bonchev–Trinajstić information content (AvgIpc) is 3.76. The molecule has 3 N–H and O–H groups in total. The maximum absolute atomic E-state index is 12.5. The van der Waals surface area contributed by atoms with E-state index in [-0.39, 0.29) is 34.5 Å². The first-order valence-corrected chi connectivity index (χ1v) is 15.1. The van der Waals surface area contributed by atoms with Gasteiger partial charge in [-0.2, -0.15) is 8.42 Å². The van der Waals surface area contributed by atoms with Crippen LogP contribution in [0.5, 0.6) is 0 Å². The maximum atomic E-state index is 12.5. The van der Waals surface area contributed by atoms with Crippen LogP contribution in [-0.4, -0.2) is 52.8 Å². The third-order valence-corrected chi connectivity index (χ3v) is 8.72. The summed E-state index contributed by atoms with van der Waals surface area (Å²) in [5.74, 6) is 1.60. The molecule has 0 saturated heterocycles. The van der Waals surface area contributed by atoms with Gasteiger partial charge in [-0.3, -0.25) is 4.55 Å². The Morgan fingerprint density at radius 3 is 1.31 bits per heavy atom. The van der Waals surface area contributed by atoms with Crippen molar-refractivity contribution in [3.63, 3.8) is 0 Å². The van der Waals surface area contributed by atoms with E-state index in [1.54, 1.807) is 12.1 Å². The summed E-state index contributed by atoms with van der Waals surface area (Å²) >= 11 is 0. The fourth-order valence-corrected chi connectivity index (χ4v) is 6.59. The van der Waals surface area contributed by atoms with Gasteiger partial charge in [0.2, 0.25) is 0 Å². The van der Waals surface area contributed by atoms with E-state index in [0.29, 0.717) is 45.6 Å². The molecule has 2 aliphatic heterocycles. The summed E-state index contributed by atoms with van der Waals surface area (Å²) in [5, 5.41) is 2.36. The Morgan fingerprint density at radius 2 is 0.844 bits per heavy atom. The molecule has 7 aromatic rings. The van der Waals surface area contributed by atoms with Crippen LogP contribution in [0.15, 0.2) is 95.9 Å². The molecule has 3 aromatic heterocycles. The number of hydrogen-bond acceptors (Lipinski definition) is 8. The number of aromatic amines is 2. The van der Waals surface area contributed by atoms with E-state index < -0.39 is 10.1 Å². The molecule has 0 aliphatic carbocycles. The molecule has 0 spiro atoms. The first-order chi connectivity index (χ1) is 21.4. The summed E-state index contributed by atoms with van der Waals surface area (Å²) in [5.41, 5.74) is 4.68. The van der Waals surface area contributed by atoms with Crippen molar-refractivity contribution < 1.29 is 31.5 Å². The van der Waals surface area contributed by atoms with Crippen molar-refractivity contribution in [1.29, 1.82) is 0 Å². The second kappa shape index (κ2) is 9.87. The van der Waals surface area contributed by atoms with Gasteiger partial charge in [-0.15, -0.1) is 0 Å². The molecule has 0 atom stereocenters. The Balaban J connectivity index is 0.00000300. The minimum Gasteiger partial charge on any atom is -0.324 e. The van der Waals surface area contributed by atoms with Gasteiger partial charge in [-0.25, -0.2) is 29.9 Å². The van der Waals surface area contributed by atoms with Crippen molar-refractivity contribution in [2.45, 2.75) is 4.90 Å². The first-order valence-electron chi connectivity index (χ1n) is 13.6. The largest absolute Gasteiger partial charge is 0.324 e. The maximum Gasteiger partial charge on any atom is 0.295 e. The van der Waals surface area contributed by atoms with Gasteiger partial charge in [0, 0.05) is 62.4 Å². The number of benzene rings is 4. The van der Waals surface area contributed by atoms with E-state index >= 15 is 0 Å². The van der Waals surface area contributed by atoms with E-state index in [1.807, 2.05) is 72.8 Å². The second-order valence-electron chi connectivity index (χ2n) is 10.4. The van der Waals surface area contributed by atoms with Gasteiger partial charge in [-0.1, -0.05) is 84.9 Å². The number of fused-ring (bicyclic) bond motifs is 20. The van der Waals surface area contributed by atoms with E-state index in [2.05, 4.69) is 9.97 Å². The monoisotopic (exact) mass is 645 g/mol. The first kappa shape index (κ1) is 27.3. The van der Waals surface area contributed by atoms with Crippen LogP contribution in [0.4, 0.5) is 0 Å². The molecule has 8 bridgehead atoms. The summed E-state index contributed by atoms with van der Waals surface area (Å²) in [6.45, 7) is 0. The number of aromatic nitrogens is 8. The summed E-state index contributed by atoms with van der Waals surface area (Å²) in [6, 6.07) is 27.6. The number of H-pyrrole nitrogens is 2. The summed E-state index contributed by atoms with van der Waals surface area (Å²) < 4.78 is 35.2. The van der Waals surface area contributed by atoms with Gasteiger partial charge in [0.05, 0.1) is 0 Å². The molecule has 11 nitrogen and oxygen atoms in total. The molecule has 13 heteroatoms. The summed E-state index contributed by atoms with van der Waals surface area (Å²) in [6.07, 6.45) is 0. The molecule has 0 unspecified atom stereocenters. The molecule has 0 saturated carbocycles. The van der Waals surface area contributed by atoms with Crippen molar-refractivity contribution in [3.8, 4) is 45.6 Å².